The van der Waals surface area contributed by atoms with Crippen LogP contribution in [0.15, 0.2) is 267 Å². The van der Waals surface area contributed by atoms with Crippen molar-refractivity contribution < 1.29 is 0 Å². The molecular weight excluding hydrogens is 921 g/mol. The number of fused-ring (bicyclic) bond motifs is 15. The Hall–Kier alpha value is -9.77. The summed E-state index contributed by atoms with van der Waals surface area (Å²) < 4.78 is 2.26. The Balaban J connectivity index is 1.02. The lowest BCUT2D eigenvalue weighted by atomic mass is 9.79. The molecule has 0 fully saturated rings. The monoisotopic (exact) mass is 970 g/mol. The molecule has 12 aromatic rings. The molecule has 0 spiro atoms. The van der Waals surface area contributed by atoms with Crippen molar-refractivity contribution in [1.82, 2.24) is 19.5 Å². The van der Waals surface area contributed by atoms with E-state index in [0.717, 1.165) is 83.0 Å². The van der Waals surface area contributed by atoms with Crippen LogP contribution >= 0.6 is 0 Å². The van der Waals surface area contributed by atoms with E-state index in [1.54, 1.807) is 0 Å². The van der Waals surface area contributed by atoms with Crippen LogP contribution in [-0.2, 0) is 5.41 Å². The molecule has 76 heavy (non-hydrogen) atoms. The number of para-hydroxylation sites is 1. The summed E-state index contributed by atoms with van der Waals surface area (Å²) in [6.07, 6.45) is 11.1. The standard InChI is InChI=1S/C72H50N4/c1-47-21-7-6-18-36-72(2)65-34-16-14-32-61(65)63-45-64-62-33-15-17-35-67(62)76(68(64)46-66(63)72)71-74-69(53-30-19-28-51(37-53)59-40-55(47)39-56(42-59)48-22-8-3-9-23-48)73-70(75-71)54-31-20-29-52(38-54)60-43-57(49-24-10-4-11-25-49)41-58(44-60)50-26-12-5-13-27-50/h3-46H,1-2H3/b7-6-,36-18+,47-21+. The summed E-state index contributed by atoms with van der Waals surface area (Å²) in [5.41, 5.74) is 22.1. The first kappa shape index (κ1) is 44.9. The van der Waals surface area contributed by atoms with E-state index in [4.69, 9.17) is 15.0 Å². The predicted octanol–water partition coefficient (Wildman–Crippen LogP) is 18.5. The zero-order valence-corrected chi connectivity index (χ0v) is 42.2. The summed E-state index contributed by atoms with van der Waals surface area (Å²) in [5.74, 6) is 1.73. The average Bonchev–Trinajstić information content (AvgIpc) is 4.17. The fourth-order valence-corrected chi connectivity index (χ4v) is 11.6. The number of hydrogen-bond donors (Lipinski definition) is 0. The van der Waals surface area contributed by atoms with Crippen molar-refractivity contribution >= 4 is 27.4 Å². The third-order valence-electron chi connectivity index (χ3n) is 15.5. The van der Waals surface area contributed by atoms with Gasteiger partial charge in [-0.1, -0.05) is 200 Å². The van der Waals surface area contributed by atoms with Crippen LogP contribution in [0.2, 0.25) is 0 Å². The van der Waals surface area contributed by atoms with Gasteiger partial charge in [0.25, 0.3) is 0 Å². The van der Waals surface area contributed by atoms with Crippen LogP contribution < -0.4 is 0 Å². The molecule has 14 rings (SSSR count). The fourth-order valence-electron chi connectivity index (χ4n) is 11.6. The molecule has 1 atom stereocenters. The van der Waals surface area contributed by atoms with Gasteiger partial charge in [0.1, 0.15) is 0 Å². The molecule has 1 unspecified atom stereocenters. The summed E-state index contributed by atoms with van der Waals surface area (Å²) in [5, 5.41) is 2.29. The molecule has 0 saturated carbocycles. The highest BCUT2D eigenvalue weighted by molar-refractivity contribution is 6.11. The van der Waals surface area contributed by atoms with Crippen molar-refractivity contribution in [2.24, 2.45) is 0 Å². The van der Waals surface area contributed by atoms with E-state index < -0.39 is 5.41 Å². The van der Waals surface area contributed by atoms with Gasteiger partial charge in [-0.05, 0) is 170 Å². The summed E-state index contributed by atoms with van der Waals surface area (Å²) in [7, 11) is 0. The molecule has 3 heterocycles. The van der Waals surface area contributed by atoms with Gasteiger partial charge in [-0.2, -0.15) is 9.97 Å². The Morgan fingerprint density at radius 2 is 0.803 bits per heavy atom. The number of aromatic nitrogens is 4. The van der Waals surface area contributed by atoms with Gasteiger partial charge in [-0.25, -0.2) is 4.98 Å². The molecular formula is C72H50N4. The van der Waals surface area contributed by atoms with Crippen LogP contribution in [0.25, 0.3) is 123 Å². The molecule has 4 heteroatoms. The van der Waals surface area contributed by atoms with E-state index in [9.17, 15) is 0 Å². The van der Waals surface area contributed by atoms with Crippen LogP contribution in [0, 0.1) is 0 Å². The lowest BCUT2D eigenvalue weighted by molar-refractivity contribution is 0.747. The van der Waals surface area contributed by atoms with Crippen LogP contribution in [0.3, 0.4) is 0 Å². The number of benzene rings is 10. The highest BCUT2D eigenvalue weighted by Crippen LogP contribution is 2.52. The topological polar surface area (TPSA) is 43.6 Å². The molecule has 10 aromatic carbocycles. The van der Waals surface area contributed by atoms with E-state index in [-0.39, 0.29) is 0 Å². The zero-order valence-electron chi connectivity index (χ0n) is 42.2. The SMILES string of the molecule is C\C1=C/C=C\C=C\C2(C)c3ccccc3-c3cc4c5ccccc5n(c4cc32)-c2nc(nc(-c3cccc(-c4cc(-c5ccccc5)cc(-c5ccccc5)c4)c3)n2)-c2cccc(c2)-c2cc1cc(-c1ccccc1)c2. The van der Waals surface area contributed by atoms with Gasteiger partial charge in [0.2, 0.25) is 5.95 Å². The first-order valence-electron chi connectivity index (χ1n) is 26.1. The Morgan fingerprint density at radius 1 is 0.329 bits per heavy atom. The van der Waals surface area contributed by atoms with E-state index in [0.29, 0.717) is 17.6 Å². The van der Waals surface area contributed by atoms with E-state index in [1.807, 2.05) is 0 Å². The lowest BCUT2D eigenvalue weighted by Gasteiger charge is -2.23. The number of hydrogen-bond acceptors (Lipinski definition) is 3. The normalized spacial score (nSPS) is 16.0. The van der Waals surface area contributed by atoms with Crippen molar-refractivity contribution in [3.05, 3.63) is 284 Å². The molecule has 2 aromatic heterocycles. The van der Waals surface area contributed by atoms with Crippen LogP contribution in [0.5, 0.6) is 0 Å². The zero-order chi connectivity index (χ0) is 50.7. The maximum absolute atomic E-state index is 5.53. The highest BCUT2D eigenvalue weighted by Gasteiger charge is 2.38. The molecule has 0 radical (unpaired) electrons. The largest absolute Gasteiger partial charge is 0.278 e. The third-order valence-corrected chi connectivity index (χ3v) is 15.5. The minimum Gasteiger partial charge on any atom is -0.278 e. The Kier molecular flexibility index (Phi) is 10.8. The van der Waals surface area contributed by atoms with Gasteiger partial charge < -0.3 is 0 Å². The van der Waals surface area contributed by atoms with Gasteiger partial charge in [0, 0.05) is 27.3 Å². The van der Waals surface area contributed by atoms with Gasteiger partial charge >= 0.3 is 0 Å². The molecule has 4 nitrogen and oxygen atoms in total. The Bertz CT molecular complexity index is 4290. The van der Waals surface area contributed by atoms with Crippen LogP contribution in [0.4, 0.5) is 0 Å². The predicted molar refractivity (Wildman–Crippen MR) is 316 cm³/mol. The van der Waals surface area contributed by atoms with E-state index in [2.05, 4.69) is 285 Å². The maximum atomic E-state index is 5.53. The summed E-state index contributed by atoms with van der Waals surface area (Å²) in [4.78, 5) is 16.5. The second-order valence-electron chi connectivity index (χ2n) is 20.2. The van der Waals surface area contributed by atoms with Gasteiger partial charge in [-0.15, -0.1) is 0 Å². The third kappa shape index (κ3) is 7.82. The molecule has 2 aliphatic rings. The second kappa shape index (κ2) is 18.3. The minimum absolute atomic E-state index is 0.418. The molecule has 1 aliphatic heterocycles. The highest BCUT2D eigenvalue weighted by atomic mass is 15.2. The summed E-state index contributed by atoms with van der Waals surface area (Å²) >= 11 is 0. The smallest absolute Gasteiger partial charge is 0.238 e. The molecule has 0 N–H and O–H groups in total. The summed E-state index contributed by atoms with van der Waals surface area (Å²) in [6.45, 7) is 4.55. The van der Waals surface area contributed by atoms with Crippen molar-refractivity contribution in [2.45, 2.75) is 19.3 Å². The molecule has 0 amide bonds. The first-order chi connectivity index (χ1) is 37.4. The van der Waals surface area contributed by atoms with E-state index in [1.165, 1.54) is 39.0 Å². The molecule has 1 aliphatic carbocycles. The van der Waals surface area contributed by atoms with Crippen molar-refractivity contribution in [3.8, 4) is 95.5 Å². The molecule has 0 saturated heterocycles. The molecule has 8 bridgehead atoms. The van der Waals surface area contributed by atoms with Crippen LogP contribution in [-0.4, -0.2) is 19.5 Å². The number of nitrogens with zero attached hydrogens (tertiary/aromatic N) is 4. The first-order valence-corrected chi connectivity index (χ1v) is 26.1. The number of allylic oxidation sites excluding steroid dienone is 6. The maximum Gasteiger partial charge on any atom is 0.238 e. The second-order valence-corrected chi connectivity index (χ2v) is 20.2. The lowest BCUT2D eigenvalue weighted by Crippen LogP contribution is -2.17. The Labute approximate surface area is 443 Å². The van der Waals surface area contributed by atoms with Crippen LogP contribution in [0.1, 0.15) is 30.5 Å². The quantitative estimate of drug-likeness (QED) is 0.173. The van der Waals surface area contributed by atoms with E-state index >= 15 is 0 Å². The summed E-state index contributed by atoms with van der Waals surface area (Å²) in [6, 6.07) is 85.4. The molecule has 358 valence electrons. The average molecular weight is 971 g/mol. The van der Waals surface area contributed by atoms with Gasteiger partial charge in [0.15, 0.2) is 11.6 Å². The fraction of sp³-hybridized carbons (Fsp3) is 0.0417. The van der Waals surface area contributed by atoms with Crippen molar-refractivity contribution in [1.29, 1.82) is 0 Å². The number of rotatable bonds is 5. The van der Waals surface area contributed by atoms with Crippen molar-refractivity contribution in [2.75, 3.05) is 0 Å². The van der Waals surface area contributed by atoms with Crippen molar-refractivity contribution in [3.63, 3.8) is 0 Å². The Morgan fingerprint density at radius 3 is 1.39 bits per heavy atom. The van der Waals surface area contributed by atoms with Gasteiger partial charge in [-0.3, -0.25) is 4.57 Å². The minimum atomic E-state index is -0.418. The van der Waals surface area contributed by atoms with Gasteiger partial charge in [0.05, 0.1) is 11.0 Å².